The van der Waals surface area contributed by atoms with Crippen molar-refractivity contribution in [3.8, 4) is 11.5 Å². The number of halogens is 3. The van der Waals surface area contributed by atoms with Gasteiger partial charge in [-0.3, -0.25) is 0 Å². The van der Waals surface area contributed by atoms with E-state index in [1.165, 1.54) is 7.11 Å². The summed E-state index contributed by atoms with van der Waals surface area (Å²) in [6.45, 7) is -0.419. The topological polar surface area (TPSA) is 38.7 Å². The molecule has 0 fully saturated rings. The first-order valence-corrected chi connectivity index (χ1v) is 4.37. The summed E-state index contributed by atoms with van der Waals surface area (Å²) in [5.41, 5.74) is -0.684. The Morgan fingerprint density at radius 3 is 2.06 bits per heavy atom. The highest BCUT2D eigenvalue weighted by Crippen LogP contribution is 2.43. The Labute approximate surface area is 90.4 Å². The SMILES string of the molecule is COc1c(CO)ccc(C(F)(F)F)c1OC. The van der Waals surface area contributed by atoms with Gasteiger partial charge in [-0.1, -0.05) is 6.07 Å². The van der Waals surface area contributed by atoms with Crippen LogP contribution >= 0.6 is 0 Å². The molecule has 0 aliphatic rings. The molecule has 16 heavy (non-hydrogen) atoms. The second-order valence-corrected chi connectivity index (χ2v) is 2.99. The molecule has 6 heteroatoms. The fourth-order valence-electron chi connectivity index (χ4n) is 1.38. The molecule has 1 aromatic rings. The fourth-order valence-corrected chi connectivity index (χ4v) is 1.38. The van der Waals surface area contributed by atoms with Gasteiger partial charge in [-0.15, -0.1) is 0 Å². The van der Waals surface area contributed by atoms with Gasteiger partial charge in [0.1, 0.15) is 5.56 Å². The summed E-state index contributed by atoms with van der Waals surface area (Å²) in [6, 6.07) is 2.01. The molecule has 0 atom stereocenters. The van der Waals surface area contributed by atoms with Crippen molar-refractivity contribution in [2.45, 2.75) is 12.8 Å². The summed E-state index contributed by atoms with van der Waals surface area (Å²) in [5, 5.41) is 8.95. The van der Waals surface area contributed by atoms with E-state index in [-0.39, 0.29) is 11.3 Å². The van der Waals surface area contributed by atoms with E-state index in [0.29, 0.717) is 0 Å². The lowest BCUT2D eigenvalue weighted by molar-refractivity contribution is -0.138. The van der Waals surface area contributed by atoms with Gasteiger partial charge in [0.05, 0.1) is 20.8 Å². The molecule has 0 aromatic heterocycles. The quantitative estimate of drug-likeness (QED) is 0.874. The number of alkyl halides is 3. The number of aliphatic hydroxyl groups excluding tert-OH is 1. The highest BCUT2D eigenvalue weighted by molar-refractivity contribution is 5.52. The average molecular weight is 236 g/mol. The van der Waals surface area contributed by atoms with Gasteiger partial charge in [-0.05, 0) is 6.07 Å². The molecule has 1 aromatic carbocycles. The summed E-state index contributed by atoms with van der Waals surface area (Å²) in [4.78, 5) is 0. The number of hydrogen-bond donors (Lipinski definition) is 1. The first-order chi connectivity index (χ1) is 7.45. The zero-order valence-corrected chi connectivity index (χ0v) is 8.76. The number of benzene rings is 1. The molecule has 0 saturated carbocycles. The van der Waals surface area contributed by atoms with E-state index in [1.807, 2.05) is 0 Å². The second-order valence-electron chi connectivity index (χ2n) is 2.99. The monoisotopic (exact) mass is 236 g/mol. The number of aliphatic hydroxyl groups is 1. The van der Waals surface area contributed by atoms with E-state index in [1.54, 1.807) is 0 Å². The van der Waals surface area contributed by atoms with Crippen molar-refractivity contribution in [1.29, 1.82) is 0 Å². The Hall–Kier alpha value is -1.43. The Morgan fingerprint density at radius 2 is 1.69 bits per heavy atom. The van der Waals surface area contributed by atoms with E-state index in [4.69, 9.17) is 9.84 Å². The lowest BCUT2D eigenvalue weighted by atomic mass is 10.1. The highest BCUT2D eigenvalue weighted by Gasteiger charge is 2.36. The third-order valence-electron chi connectivity index (χ3n) is 2.08. The molecule has 0 aliphatic carbocycles. The zero-order valence-electron chi connectivity index (χ0n) is 8.76. The van der Waals surface area contributed by atoms with Crippen molar-refractivity contribution >= 4 is 0 Å². The van der Waals surface area contributed by atoms with Crippen LogP contribution in [0.15, 0.2) is 12.1 Å². The first-order valence-electron chi connectivity index (χ1n) is 4.37. The maximum Gasteiger partial charge on any atom is 0.420 e. The standard InChI is InChI=1S/C10H11F3O3/c1-15-8-6(5-14)3-4-7(9(8)16-2)10(11,12)13/h3-4,14H,5H2,1-2H3. The smallest absolute Gasteiger partial charge is 0.420 e. The molecule has 90 valence electrons. The van der Waals surface area contributed by atoms with Crippen LogP contribution in [0.1, 0.15) is 11.1 Å². The highest BCUT2D eigenvalue weighted by atomic mass is 19.4. The molecular formula is C10H11F3O3. The third kappa shape index (κ3) is 2.21. The molecule has 0 heterocycles. The maximum atomic E-state index is 12.6. The van der Waals surface area contributed by atoms with Crippen LogP contribution in [0.5, 0.6) is 11.5 Å². The molecule has 0 saturated heterocycles. The lowest BCUT2D eigenvalue weighted by Gasteiger charge is -2.17. The Balaban J connectivity index is 3.43. The molecule has 0 unspecified atom stereocenters. The van der Waals surface area contributed by atoms with Crippen LogP contribution < -0.4 is 9.47 Å². The summed E-state index contributed by atoms with van der Waals surface area (Å²) in [6.07, 6.45) is -4.52. The van der Waals surface area contributed by atoms with E-state index < -0.39 is 24.1 Å². The molecule has 1 N–H and O–H groups in total. The number of hydrogen-bond acceptors (Lipinski definition) is 3. The Bertz CT molecular complexity index is 374. The summed E-state index contributed by atoms with van der Waals surface area (Å²) in [7, 11) is 2.34. The Kier molecular flexibility index (Phi) is 3.64. The fraction of sp³-hybridized carbons (Fsp3) is 0.400. The van der Waals surface area contributed by atoms with E-state index in [0.717, 1.165) is 19.2 Å². The van der Waals surface area contributed by atoms with Crippen molar-refractivity contribution in [2.24, 2.45) is 0 Å². The van der Waals surface area contributed by atoms with Gasteiger partial charge in [-0.25, -0.2) is 0 Å². The van der Waals surface area contributed by atoms with Crippen LogP contribution in [-0.4, -0.2) is 19.3 Å². The molecule has 0 aliphatic heterocycles. The molecule has 1 rings (SSSR count). The van der Waals surface area contributed by atoms with Crippen molar-refractivity contribution in [2.75, 3.05) is 14.2 Å². The zero-order chi connectivity index (χ0) is 12.3. The second kappa shape index (κ2) is 4.61. The molecule has 0 radical (unpaired) electrons. The van der Waals surface area contributed by atoms with Crippen LogP contribution in [0, 0.1) is 0 Å². The van der Waals surface area contributed by atoms with Crippen molar-refractivity contribution in [1.82, 2.24) is 0 Å². The van der Waals surface area contributed by atoms with Crippen molar-refractivity contribution in [3.63, 3.8) is 0 Å². The normalized spacial score (nSPS) is 11.4. The van der Waals surface area contributed by atoms with Crippen molar-refractivity contribution < 1.29 is 27.8 Å². The maximum absolute atomic E-state index is 12.6. The minimum Gasteiger partial charge on any atom is -0.492 e. The van der Waals surface area contributed by atoms with Crippen LogP contribution in [-0.2, 0) is 12.8 Å². The van der Waals surface area contributed by atoms with Crippen LogP contribution in [0.3, 0.4) is 0 Å². The van der Waals surface area contributed by atoms with Crippen LogP contribution in [0.2, 0.25) is 0 Å². The molecule has 3 nitrogen and oxygen atoms in total. The minimum atomic E-state index is -4.52. The summed E-state index contributed by atoms with van der Waals surface area (Å²) in [5.74, 6) is -0.513. The van der Waals surface area contributed by atoms with Gasteiger partial charge < -0.3 is 14.6 Å². The third-order valence-corrected chi connectivity index (χ3v) is 2.08. The van der Waals surface area contributed by atoms with Crippen LogP contribution in [0.25, 0.3) is 0 Å². The summed E-state index contributed by atoms with van der Waals surface area (Å²) >= 11 is 0. The minimum absolute atomic E-state index is 0.0974. The predicted molar refractivity (Wildman–Crippen MR) is 50.5 cm³/mol. The van der Waals surface area contributed by atoms with E-state index in [2.05, 4.69) is 4.74 Å². The van der Waals surface area contributed by atoms with Gasteiger partial charge in [0, 0.05) is 5.56 Å². The molecular weight excluding hydrogens is 225 g/mol. The Morgan fingerprint density at radius 1 is 1.12 bits per heavy atom. The van der Waals surface area contributed by atoms with E-state index >= 15 is 0 Å². The molecule has 0 spiro atoms. The number of methoxy groups -OCH3 is 2. The first kappa shape index (κ1) is 12.6. The summed E-state index contributed by atoms with van der Waals surface area (Å²) < 4.78 is 47.3. The number of rotatable bonds is 3. The molecule has 0 amide bonds. The van der Waals surface area contributed by atoms with E-state index in [9.17, 15) is 13.2 Å². The largest absolute Gasteiger partial charge is 0.492 e. The molecule has 0 bridgehead atoms. The number of ether oxygens (including phenoxy) is 2. The predicted octanol–water partition coefficient (Wildman–Crippen LogP) is 2.21. The van der Waals surface area contributed by atoms with Gasteiger partial charge in [0.2, 0.25) is 0 Å². The van der Waals surface area contributed by atoms with Gasteiger partial charge in [-0.2, -0.15) is 13.2 Å². The lowest BCUT2D eigenvalue weighted by Crippen LogP contribution is -2.09. The van der Waals surface area contributed by atoms with Crippen molar-refractivity contribution in [3.05, 3.63) is 23.3 Å². The van der Waals surface area contributed by atoms with Gasteiger partial charge in [0.15, 0.2) is 11.5 Å². The van der Waals surface area contributed by atoms with Gasteiger partial charge >= 0.3 is 6.18 Å². The van der Waals surface area contributed by atoms with Gasteiger partial charge in [0.25, 0.3) is 0 Å². The van der Waals surface area contributed by atoms with Crippen LogP contribution in [0.4, 0.5) is 13.2 Å². The average Bonchev–Trinajstić information content (AvgIpc) is 2.25.